The van der Waals surface area contributed by atoms with Crippen LogP contribution < -0.4 is 4.74 Å². The van der Waals surface area contributed by atoms with Gasteiger partial charge in [0.15, 0.2) is 5.75 Å². The van der Waals surface area contributed by atoms with E-state index in [1.807, 2.05) is 26.0 Å². The molecule has 0 aliphatic heterocycles. The lowest BCUT2D eigenvalue weighted by atomic mass is 10.0. The zero-order valence-corrected chi connectivity index (χ0v) is 9.22. The molecule has 0 heterocycles. The van der Waals surface area contributed by atoms with E-state index in [-0.39, 0.29) is 0 Å². The quantitative estimate of drug-likeness (QED) is 0.749. The van der Waals surface area contributed by atoms with Crippen molar-refractivity contribution in [1.82, 2.24) is 0 Å². The van der Waals surface area contributed by atoms with Crippen LogP contribution in [-0.4, -0.2) is 7.11 Å². The lowest BCUT2D eigenvalue weighted by molar-refractivity contribution is 0.413. The van der Waals surface area contributed by atoms with E-state index >= 15 is 0 Å². The van der Waals surface area contributed by atoms with Crippen molar-refractivity contribution < 1.29 is 4.74 Å². The summed E-state index contributed by atoms with van der Waals surface area (Å²) in [4.78, 5) is 0. The molecule has 3 heteroatoms. The molecule has 14 heavy (non-hydrogen) atoms. The van der Waals surface area contributed by atoms with Gasteiger partial charge in [0, 0.05) is 0 Å². The summed E-state index contributed by atoms with van der Waals surface area (Å²) in [7, 11) is 1.52. The second kappa shape index (κ2) is 4.34. The topological polar surface area (TPSA) is 33.0 Å². The van der Waals surface area contributed by atoms with Crippen LogP contribution >= 0.6 is 11.6 Å². The van der Waals surface area contributed by atoms with Gasteiger partial charge in [-0.05, 0) is 17.5 Å². The van der Waals surface area contributed by atoms with E-state index < -0.39 is 0 Å². The third-order valence-corrected chi connectivity index (χ3v) is 2.46. The highest BCUT2D eigenvalue weighted by molar-refractivity contribution is 6.33. The number of methoxy groups -OCH3 is 1. The maximum atomic E-state index is 8.81. The van der Waals surface area contributed by atoms with Crippen molar-refractivity contribution in [1.29, 1.82) is 5.26 Å². The van der Waals surface area contributed by atoms with Crippen LogP contribution in [0.1, 0.15) is 30.9 Å². The summed E-state index contributed by atoms with van der Waals surface area (Å²) in [5, 5.41) is 9.36. The smallest absolute Gasteiger partial charge is 0.155 e. The molecule has 0 atom stereocenters. The Kier molecular flexibility index (Phi) is 3.38. The van der Waals surface area contributed by atoms with Gasteiger partial charge in [0.2, 0.25) is 0 Å². The van der Waals surface area contributed by atoms with E-state index in [1.165, 1.54) is 7.11 Å². The molecule has 1 aromatic rings. The van der Waals surface area contributed by atoms with Crippen molar-refractivity contribution in [2.45, 2.75) is 19.8 Å². The lowest BCUT2D eigenvalue weighted by Gasteiger charge is -2.12. The molecule has 0 unspecified atom stereocenters. The summed E-state index contributed by atoms with van der Waals surface area (Å²) in [5.41, 5.74) is 1.48. The normalized spacial score (nSPS) is 10.0. The minimum absolute atomic E-state index is 0.323. The molecule has 0 aromatic heterocycles. The number of hydrogen-bond donors (Lipinski definition) is 0. The second-order valence-electron chi connectivity index (χ2n) is 3.32. The Morgan fingerprint density at radius 1 is 1.43 bits per heavy atom. The number of rotatable bonds is 2. The Morgan fingerprint density at radius 3 is 2.50 bits per heavy atom. The van der Waals surface area contributed by atoms with Crippen LogP contribution in [0.15, 0.2) is 12.1 Å². The zero-order valence-electron chi connectivity index (χ0n) is 8.47. The summed E-state index contributed by atoms with van der Waals surface area (Å²) in [6.07, 6.45) is 0. The number of benzene rings is 1. The predicted octanol–water partition coefficient (Wildman–Crippen LogP) is 3.34. The minimum Gasteiger partial charge on any atom is -0.494 e. The number of ether oxygens (including phenoxy) is 1. The van der Waals surface area contributed by atoms with Gasteiger partial charge < -0.3 is 4.74 Å². The summed E-state index contributed by atoms with van der Waals surface area (Å²) >= 11 is 6.11. The van der Waals surface area contributed by atoms with Gasteiger partial charge in [-0.15, -0.1) is 0 Å². The first-order valence-corrected chi connectivity index (χ1v) is 4.76. The first-order valence-electron chi connectivity index (χ1n) is 4.38. The van der Waals surface area contributed by atoms with Gasteiger partial charge in [-0.3, -0.25) is 0 Å². The van der Waals surface area contributed by atoms with Crippen molar-refractivity contribution in [3.63, 3.8) is 0 Å². The highest BCUT2D eigenvalue weighted by atomic mass is 35.5. The fourth-order valence-corrected chi connectivity index (χ4v) is 1.76. The Morgan fingerprint density at radius 2 is 2.07 bits per heavy atom. The van der Waals surface area contributed by atoms with Gasteiger partial charge in [0.1, 0.15) is 6.07 Å². The molecule has 0 spiro atoms. The molecule has 0 bridgehead atoms. The third kappa shape index (κ3) is 1.83. The first kappa shape index (κ1) is 10.9. The van der Waals surface area contributed by atoms with Crippen LogP contribution in [0.3, 0.4) is 0 Å². The van der Waals surface area contributed by atoms with Gasteiger partial charge in [0.05, 0.1) is 17.7 Å². The van der Waals surface area contributed by atoms with Gasteiger partial charge in [-0.25, -0.2) is 0 Å². The van der Waals surface area contributed by atoms with Crippen molar-refractivity contribution in [3.05, 3.63) is 28.3 Å². The van der Waals surface area contributed by atoms with Crippen molar-refractivity contribution in [3.8, 4) is 11.8 Å². The van der Waals surface area contributed by atoms with Crippen molar-refractivity contribution in [2.75, 3.05) is 7.11 Å². The number of nitrogens with zero attached hydrogens (tertiary/aromatic N) is 1. The Hall–Kier alpha value is -1.20. The van der Waals surface area contributed by atoms with E-state index in [0.717, 1.165) is 5.56 Å². The molecule has 1 rings (SSSR count). The molecular weight excluding hydrogens is 198 g/mol. The van der Waals surface area contributed by atoms with Gasteiger partial charge >= 0.3 is 0 Å². The Bertz CT molecular complexity index is 380. The van der Waals surface area contributed by atoms with Crippen LogP contribution in [-0.2, 0) is 0 Å². The molecule has 0 saturated heterocycles. The molecule has 74 valence electrons. The summed E-state index contributed by atoms with van der Waals surface area (Å²) in [5.74, 6) is 0.796. The van der Waals surface area contributed by atoms with Crippen LogP contribution in [0.2, 0.25) is 5.02 Å². The summed E-state index contributed by atoms with van der Waals surface area (Å²) in [6.45, 7) is 4.10. The van der Waals surface area contributed by atoms with Crippen molar-refractivity contribution >= 4 is 11.6 Å². The molecule has 0 N–H and O–H groups in total. The van der Waals surface area contributed by atoms with E-state index in [1.54, 1.807) is 6.07 Å². The molecule has 0 amide bonds. The standard InChI is InChI=1S/C11H12ClNO/c1-7(2)9-5-4-8(6-13)11(14-3)10(9)12/h4-5,7H,1-3H3. The average Bonchev–Trinajstić information content (AvgIpc) is 2.16. The minimum atomic E-state index is 0.323. The number of halogens is 1. The van der Waals surface area contributed by atoms with Gasteiger partial charge in [-0.1, -0.05) is 31.5 Å². The Balaban J connectivity index is 3.37. The maximum Gasteiger partial charge on any atom is 0.155 e. The predicted molar refractivity (Wildman–Crippen MR) is 56.8 cm³/mol. The van der Waals surface area contributed by atoms with E-state index in [0.29, 0.717) is 22.3 Å². The van der Waals surface area contributed by atoms with Crippen LogP contribution in [0.25, 0.3) is 0 Å². The molecule has 0 aliphatic carbocycles. The van der Waals surface area contributed by atoms with Crippen molar-refractivity contribution in [2.24, 2.45) is 0 Å². The fourth-order valence-electron chi connectivity index (χ4n) is 1.30. The van der Waals surface area contributed by atoms with Gasteiger partial charge in [-0.2, -0.15) is 5.26 Å². The Labute approximate surface area is 89.1 Å². The molecule has 0 fully saturated rings. The second-order valence-corrected chi connectivity index (χ2v) is 3.69. The van der Waals surface area contributed by atoms with Crippen LogP contribution in [0, 0.1) is 11.3 Å². The largest absolute Gasteiger partial charge is 0.494 e. The highest BCUT2D eigenvalue weighted by Crippen LogP contribution is 2.35. The van der Waals surface area contributed by atoms with E-state index in [4.69, 9.17) is 21.6 Å². The molecule has 1 aromatic carbocycles. The molecular formula is C11H12ClNO. The molecule has 0 saturated carbocycles. The van der Waals surface area contributed by atoms with Crippen LogP contribution in [0.5, 0.6) is 5.75 Å². The highest BCUT2D eigenvalue weighted by Gasteiger charge is 2.13. The lowest BCUT2D eigenvalue weighted by Crippen LogP contribution is -1.95. The first-order chi connectivity index (χ1) is 6.61. The van der Waals surface area contributed by atoms with E-state index in [2.05, 4.69) is 0 Å². The summed E-state index contributed by atoms with van der Waals surface area (Å²) in [6, 6.07) is 5.65. The van der Waals surface area contributed by atoms with Crippen LogP contribution in [0.4, 0.5) is 0 Å². The SMILES string of the molecule is COc1c(C#N)ccc(C(C)C)c1Cl. The molecule has 2 nitrogen and oxygen atoms in total. The zero-order chi connectivity index (χ0) is 10.7. The average molecular weight is 210 g/mol. The maximum absolute atomic E-state index is 8.81. The fraction of sp³-hybridized carbons (Fsp3) is 0.364. The third-order valence-electron chi connectivity index (χ3n) is 2.07. The molecule has 0 radical (unpaired) electrons. The summed E-state index contributed by atoms with van der Waals surface area (Å²) < 4.78 is 5.10. The number of nitriles is 1. The molecule has 0 aliphatic rings. The number of hydrogen-bond acceptors (Lipinski definition) is 2. The monoisotopic (exact) mass is 209 g/mol. The van der Waals surface area contributed by atoms with Gasteiger partial charge in [0.25, 0.3) is 0 Å². The van der Waals surface area contributed by atoms with E-state index in [9.17, 15) is 0 Å².